The van der Waals surface area contributed by atoms with Crippen LogP contribution in [0.15, 0.2) is 29.1 Å². The Hall–Kier alpha value is -2.67. The molecule has 0 spiro atoms. The largest absolute Gasteiger partial charge is 0.369 e. The van der Waals surface area contributed by atoms with E-state index in [4.69, 9.17) is 0 Å². The zero-order chi connectivity index (χ0) is 18.3. The van der Waals surface area contributed by atoms with Gasteiger partial charge in [0.05, 0.1) is 5.69 Å². The Morgan fingerprint density at radius 3 is 2.38 bits per heavy atom. The number of likely N-dealkylation sites (N-methyl/N-ethyl adjacent to an activating group) is 1. The van der Waals surface area contributed by atoms with Gasteiger partial charge in [0.2, 0.25) is 0 Å². The molecule has 0 amide bonds. The molecule has 1 aliphatic rings. The minimum absolute atomic E-state index is 0.212. The zero-order valence-corrected chi connectivity index (χ0v) is 15.4. The fraction of sp³-hybridized carbons (Fsp3) is 0.421. The molecule has 0 bridgehead atoms. The number of piperazine rings is 1. The molecule has 7 nitrogen and oxygen atoms in total. The minimum atomic E-state index is -0.212. The van der Waals surface area contributed by atoms with Gasteiger partial charge in [0.1, 0.15) is 11.3 Å². The molecule has 1 aliphatic heterocycles. The van der Waals surface area contributed by atoms with Crippen LogP contribution in [0.1, 0.15) is 25.5 Å². The van der Waals surface area contributed by atoms with E-state index >= 15 is 0 Å². The average molecular weight is 352 g/mol. The number of anilines is 1. The van der Waals surface area contributed by atoms with Crippen molar-refractivity contribution in [2.75, 3.05) is 38.1 Å². The number of nitrogens with one attached hydrogen (secondary N) is 2. The number of hydrogen-bond donors (Lipinski definition) is 2. The van der Waals surface area contributed by atoms with Crippen molar-refractivity contribution in [2.24, 2.45) is 0 Å². The van der Waals surface area contributed by atoms with Crippen LogP contribution < -0.4 is 10.5 Å². The Kier molecular flexibility index (Phi) is 4.24. The highest BCUT2D eigenvalue weighted by molar-refractivity contribution is 5.78. The Bertz CT molecular complexity index is 964. The molecule has 7 heteroatoms. The van der Waals surface area contributed by atoms with Crippen LogP contribution >= 0.6 is 0 Å². The smallest absolute Gasteiger partial charge is 0.279 e. The predicted octanol–water partition coefficient (Wildman–Crippen LogP) is 2.19. The number of aromatic nitrogens is 4. The summed E-state index contributed by atoms with van der Waals surface area (Å²) in [7, 11) is 2.15. The van der Waals surface area contributed by atoms with Crippen LogP contribution in [0.25, 0.3) is 22.4 Å². The second-order valence-electron chi connectivity index (χ2n) is 7.24. The first-order valence-corrected chi connectivity index (χ1v) is 9.05. The van der Waals surface area contributed by atoms with E-state index in [2.05, 4.69) is 63.0 Å². The van der Waals surface area contributed by atoms with Gasteiger partial charge in [-0.05, 0) is 37.2 Å². The van der Waals surface area contributed by atoms with E-state index in [9.17, 15) is 4.79 Å². The molecule has 0 aliphatic carbocycles. The fourth-order valence-electron chi connectivity index (χ4n) is 3.36. The maximum atomic E-state index is 12.4. The molecule has 0 unspecified atom stereocenters. The summed E-state index contributed by atoms with van der Waals surface area (Å²) in [6, 6.07) is 8.24. The van der Waals surface area contributed by atoms with Gasteiger partial charge < -0.3 is 14.8 Å². The molecule has 3 heterocycles. The lowest BCUT2D eigenvalue weighted by molar-refractivity contribution is 0.313. The van der Waals surface area contributed by atoms with E-state index in [1.807, 2.05) is 12.1 Å². The van der Waals surface area contributed by atoms with Crippen molar-refractivity contribution in [3.8, 4) is 11.4 Å². The van der Waals surface area contributed by atoms with Crippen molar-refractivity contribution in [3.63, 3.8) is 0 Å². The average Bonchev–Trinajstić information content (AvgIpc) is 3.07. The van der Waals surface area contributed by atoms with Gasteiger partial charge in [-0.1, -0.05) is 13.8 Å². The summed E-state index contributed by atoms with van der Waals surface area (Å²) in [5, 5.41) is 7.06. The Labute approximate surface area is 152 Å². The first kappa shape index (κ1) is 16.8. The minimum Gasteiger partial charge on any atom is -0.369 e. The number of hydrogen-bond acceptors (Lipinski definition) is 5. The van der Waals surface area contributed by atoms with Crippen LogP contribution in [0.5, 0.6) is 0 Å². The first-order chi connectivity index (χ1) is 12.5. The molecule has 0 atom stereocenters. The first-order valence-electron chi connectivity index (χ1n) is 9.05. The number of H-pyrrole nitrogens is 2. The molecular weight excluding hydrogens is 328 g/mol. The molecular formula is C19H24N6O. The SMILES string of the molecule is CC(C)c1[nH]nc2c(=O)[nH]c(-c3ccc(N4CCN(C)CC4)cc3)nc12. The van der Waals surface area contributed by atoms with Crippen molar-refractivity contribution in [1.82, 2.24) is 25.1 Å². The van der Waals surface area contributed by atoms with Crippen LogP contribution in [0.4, 0.5) is 5.69 Å². The topological polar surface area (TPSA) is 80.9 Å². The molecule has 1 fully saturated rings. The lowest BCUT2D eigenvalue weighted by Crippen LogP contribution is -2.44. The highest BCUT2D eigenvalue weighted by atomic mass is 16.1. The zero-order valence-electron chi connectivity index (χ0n) is 15.4. The Morgan fingerprint density at radius 2 is 1.73 bits per heavy atom. The van der Waals surface area contributed by atoms with Crippen molar-refractivity contribution in [1.29, 1.82) is 0 Å². The summed E-state index contributed by atoms with van der Waals surface area (Å²) < 4.78 is 0. The van der Waals surface area contributed by atoms with Crippen molar-refractivity contribution < 1.29 is 0 Å². The molecule has 0 saturated carbocycles. The molecule has 3 aromatic rings. The number of rotatable bonds is 3. The summed E-state index contributed by atoms with van der Waals surface area (Å²) in [4.78, 5) is 24.6. The van der Waals surface area contributed by atoms with Crippen LogP contribution in [0.2, 0.25) is 0 Å². The third-order valence-electron chi connectivity index (χ3n) is 5.02. The normalized spacial score (nSPS) is 15.9. The van der Waals surface area contributed by atoms with E-state index in [1.165, 1.54) is 5.69 Å². The van der Waals surface area contributed by atoms with E-state index in [1.54, 1.807) is 0 Å². The summed E-state index contributed by atoms with van der Waals surface area (Å²) >= 11 is 0. The maximum absolute atomic E-state index is 12.4. The molecule has 2 N–H and O–H groups in total. The summed E-state index contributed by atoms with van der Waals surface area (Å²) in [5.41, 5.74) is 3.81. The molecule has 1 saturated heterocycles. The number of fused-ring (bicyclic) bond motifs is 1. The van der Waals surface area contributed by atoms with Crippen LogP contribution in [-0.2, 0) is 0 Å². The van der Waals surface area contributed by atoms with Crippen LogP contribution in [0.3, 0.4) is 0 Å². The summed E-state index contributed by atoms with van der Waals surface area (Å²) in [5.74, 6) is 0.803. The molecule has 26 heavy (non-hydrogen) atoms. The molecule has 136 valence electrons. The second kappa shape index (κ2) is 6.57. The Balaban J connectivity index is 1.67. The lowest BCUT2D eigenvalue weighted by Gasteiger charge is -2.34. The van der Waals surface area contributed by atoms with E-state index in [-0.39, 0.29) is 11.5 Å². The number of benzene rings is 1. The van der Waals surface area contributed by atoms with Crippen LogP contribution in [-0.4, -0.2) is 58.3 Å². The van der Waals surface area contributed by atoms with Crippen molar-refractivity contribution in [2.45, 2.75) is 19.8 Å². The molecule has 4 rings (SSSR count). The van der Waals surface area contributed by atoms with Gasteiger partial charge in [0.25, 0.3) is 5.56 Å². The van der Waals surface area contributed by atoms with Gasteiger partial charge in [0, 0.05) is 37.4 Å². The van der Waals surface area contributed by atoms with Crippen molar-refractivity contribution in [3.05, 3.63) is 40.3 Å². The van der Waals surface area contributed by atoms with Crippen LogP contribution in [0, 0.1) is 0 Å². The molecule has 1 aromatic carbocycles. The fourth-order valence-corrected chi connectivity index (χ4v) is 3.36. The van der Waals surface area contributed by atoms with Crippen molar-refractivity contribution >= 4 is 16.7 Å². The predicted molar refractivity (Wildman–Crippen MR) is 104 cm³/mol. The maximum Gasteiger partial charge on any atom is 0.279 e. The van der Waals surface area contributed by atoms with E-state index in [0.717, 1.165) is 37.4 Å². The third-order valence-corrected chi connectivity index (χ3v) is 5.02. The van der Waals surface area contributed by atoms with Gasteiger partial charge in [-0.3, -0.25) is 9.89 Å². The number of aromatic amines is 2. The molecule has 2 aromatic heterocycles. The lowest BCUT2D eigenvalue weighted by atomic mass is 10.1. The van der Waals surface area contributed by atoms with Gasteiger partial charge in [-0.2, -0.15) is 5.10 Å². The van der Waals surface area contributed by atoms with Gasteiger partial charge in [-0.25, -0.2) is 4.98 Å². The van der Waals surface area contributed by atoms with E-state index in [0.29, 0.717) is 16.9 Å². The highest BCUT2D eigenvalue weighted by Gasteiger charge is 2.16. The summed E-state index contributed by atoms with van der Waals surface area (Å²) in [6.45, 7) is 8.32. The molecule has 0 radical (unpaired) electrons. The third kappa shape index (κ3) is 2.99. The number of nitrogens with zero attached hydrogens (tertiary/aromatic N) is 4. The highest BCUT2D eigenvalue weighted by Crippen LogP contribution is 2.24. The van der Waals surface area contributed by atoms with Gasteiger partial charge in [-0.15, -0.1) is 0 Å². The Morgan fingerprint density at radius 1 is 1.04 bits per heavy atom. The summed E-state index contributed by atoms with van der Waals surface area (Å²) in [6.07, 6.45) is 0. The van der Waals surface area contributed by atoms with Gasteiger partial charge >= 0.3 is 0 Å². The second-order valence-corrected chi connectivity index (χ2v) is 7.24. The quantitative estimate of drug-likeness (QED) is 0.755. The van der Waals surface area contributed by atoms with E-state index < -0.39 is 0 Å². The standard InChI is InChI=1S/C19H24N6O/c1-12(2)15-16-17(23-22-15)19(26)21-18(20-16)13-4-6-14(7-5-13)25-10-8-24(3)9-11-25/h4-7,12H,8-11H2,1-3H3,(H,22,23)(H,20,21,26). The monoisotopic (exact) mass is 352 g/mol. The van der Waals surface area contributed by atoms with Gasteiger partial charge in [0.15, 0.2) is 5.52 Å².